The molecule has 0 saturated heterocycles. The third kappa shape index (κ3) is 5.08. The molecule has 0 radical (unpaired) electrons. The molecule has 33 heavy (non-hydrogen) atoms. The van der Waals surface area contributed by atoms with Gasteiger partial charge in [0.15, 0.2) is 5.76 Å². The summed E-state index contributed by atoms with van der Waals surface area (Å²) in [6, 6.07) is 14.7. The molecule has 6 nitrogen and oxygen atoms in total. The fraction of sp³-hybridized carbons (Fsp3) is 0.308. The van der Waals surface area contributed by atoms with E-state index >= 15 is 0 Å². The normalized spacial score (nSPS) is 14.6. The Morgan fingerprint density at radius 2 is 1.82 bits per heavy atom. The van der Waals surface area contributed by atoms with Crippen molar-refractivity contribution in [1.82, 2.24) is 5.32 Å². The lowest BCUT2D eigenvalue weighted by atomic mass is 10.0. The van der Waals surface area contributed by atoms with Crippen LogP contribution in [0.3, 0.4) is 0 Å². The van der Waals surface area contributed by atoms with Crippen molar-refractivity contribution in [2.75, 3.05) is 11.5 Å². The number of amides is 2. The number of rotatable bonds is 8. The highest BCUT2D eigenvalue weighted by Gasteiger charge is 2.37. The van der Waals surface area contributed by atoms with Crippen molar-refractivity contribution in [2.45, 2.75) is 44.7 Å². The Bertz CT molecular complexity index is 1080. The summed E-state index contributed by atoms with van der Waals surface area (Å²) in [4.78, 5) is 28.5. The topological polar surface area (TPSA) is 71.8 Å². The maximum atomic E-state index is 15.0. The maximum absolute atomic E-state index is 15.0. The van der Waals surface area contributed by atoms with Gasteiger partial charge >= 0.3 is 0 Å². The first kappa shape index (κ1) is 22.6. The molecule has 2 aromatic carbocycles. The third-order valence-corrected chi connectivity index (χ3v) is 5.78. The zero-order chi connectivity index (χ0) is 23.2. The zero-order valence-corrected chi connectivity index (χ0v) is 18.5. The average molecular weight is 451 g/mol. The lowest BCUT2D eigenvalue weighted by molar-refractivity contribution is -0.123. The van der Waals surface area contributed by atoms with Crippen LogP contribution in [0.25, 0.3) is 0 Å². The molecule has 1 aliphatic rings. The molecule has 1 fully saturated rings. The monoisotopic (exact) mass is 450 g/mol. The van der Waals surface area contributed by atoms with Gasteiger partial charge in [-0.05, 0) is 62.2 Å². The van der Waals surface area contributed by atoms with Gasteiger partial charge < -0.3 is 14.5 Å². The first-order chi connectivity index (χ1) is 16.1. The molecular weight excluding hydrogens is 423 g/mol. The number of hydrogen-bond acceptors (Lipinski definition) is 4. The number of nitrogens with one attached hydrogen (secondary N) is 1. The van der Waals surface area contributed by atoms with Crippen molar-refractivity contribution in [3.63, 3.8) is 0 Å². The second-order valence-corrected chi connectivity index (χ2v) is 7.99. The largest absolute Gasteiger partial charge is 0.494 e. The Morgan fingerprint density at radius 3 is 2.45 bits per heavy atom. The van der Waals surface area contributed by atoms with E-state index in [0.717, 1.165) is 25.7 Å². The fourth-order valence-corrected chi connectivity index (χ4v) is 4.22. The van der Waals surface area contributed by atoms with Gasteiger partial charge in [0.2, 0.25) is 5.91 Å². The van der Waals surface area contributed by atoms with E-state index in [2.05, 4.69) is 5.32 Å². The molecular formula is C26H27FN2O4. The van der Waals surface area contributed by atoms with Gasteiger partial charge in [-0.25, -0.2) is 4.39 Å². The van der Waals surface area contributed by atoms with Crippen LogP contribution < -0.4 is 15.0 Å². The minimum Gasteiger partial charge on any atom is -0.494 e. The van der Waals surface area contributed by atoms with Gasteiger partial charge in [0, 0.05) is 17.3 Å². The van der Waals surface area contributed by atoms with Crippen LogP contribution in [0.2, 0.25) is 0 Å². The van der Waals surface area contributed by atoms with Gasteiger partial charge in [-0.1, -0.05) is 31.0 Å². The summed E-state index contributed by atoms with van der Waals surface area (Å²) >= 11 is 0. The van der Waals surface area contributed by atoms with Crippen molar-refractivity contribution in [3.05, 3.63) is 84.1 Å². The lowest BCUT2D eigenvalue weighted by Crippen LogP contribution is -2.46. The van der Waals surface area contributed by atoms with Gasteiger partial charge in [0.1, 0.15) is 17.6 Å². The number of ether oxygens (including phenoxy) is 1. The van der Waals surface area contributed by atoms with Crippen LogP contribution in [0.5, 0.6) is 5.75 Å². The first-order valence-electron chi connectivity index (χ1n) is 11.2. The van der Waals surface area contributed by atoms with Crippen LogP contribution in [-0.4, -0.2) is 24.5 Å². The predicted octanol–water partition coefficient (Wildman–Crippen LogP) is 5.26. The Balaban J connectivity index is 1.80. The van der Waals surface area contributed by atoms with Gasteiger partial charge in [-0.2, -0.15) is 0 Å². The molecule has 1 aliphatic carbocycles. The lowest BCUT2D eigenvalue weighted by Gasteiger charge is -2.32. The van der Waals surface area contributed by atoms with Crippen molar-refractivity contribution in [1.29, 1.82) is 0 Å². The summed E-state index contributed by atoms with van der Waals surface area (Å²) in [7, 11) is 0. The third-order valence-electron chi connectivity index (χ3n) is 5.78. The highest BCUT2D eigenvalue weighted by Crippen LogP contribution is 2.33. The van der Waals surface area contributed by atoms with E-state index in [4.69, 9.17) is 9.15 Å². The Kier molecular flexibility index (Phi) is 7.07. The average Bonchev–Trinajstić information content (AvgIpc) is 3.53. The van der Waals surface area contributed by atoms with E-state index in [1.165, 1.54) is 29.4 Å². The zero-order valence-electron chi connectivity index (χ0n) is 18.5. The minimum atomic E-state index is -1.22. The van der Waals surface area contributed by atoms with E-state index in [-0.39, 0.29) is 17.4 Å². The second kappa shape index (κ2) is 10.3. The van der Waals surface area contributed by atoms with Gasteiger partial charge in [0.25, 0.3) is 5.91 Å². The fourth-order valence-electron chi connectivity index (χ4n) is 4.22. The second-order valence-electron chi connectivity index (χ2n) is 7.99. The molecule has 1 heterocycles. The Morgan fingerprint density at radius 1 is 1.09 bits per heavy atom. The number of nitrogens with zero attached hydrogens (tertiary/aromatic N) is 1. The highest BCUT2D eigenvalue weighted by molar-refractivity contribution is 6.08. The van der Waals surface area contributed by atoms with E-state index in [0.29, 0.717) is 18.0 Å². The molecule has 0 spiro atoms. The van der Waals surface area contributed by atoms with E-state index in [1.54, 1.807) is 42.5 Å². The molecule has 3 aromatic rings. The first-order valence-corrected chi connectivity index (χ1v) is 11.2. The molecule has 4 rings (SSSR count). The summed E-state index contributed by atoms with van der Waals surface area (Å²) in [6.45, 7) is 2.37. The highest BCUT2D eigenvalue weighted by atomic mass is 19.1. The summed E-state index contributed by atoms with van der Waals surface area (Å²) in [5.41, 5.74) is 0.538. The predicted molar refractivity (Wildman–Crippen MR) is 123 cm³/mol. The number of anilines is 1. The molecule has 172 valence electrons. The summed E-state index contributed by atoms with van der Waals surface area (Å²) in [5, 5.41) is 3.03. The molecule has 1 N–H and O–H groups in total. The van der Waals surface area contributed by atoms with Crippen LogP contribution in [0.15, 0.2) is 71.3 Å². The quantitative estimate of drug-likeness (QED) is 0.508. The maximum Gasteiger partial charge on any atom is 0.294 e. The molecule has 1 unspecified atom stereocenters. The van der Waals surface area contributed by atoms with E-state index in [9.17, 15) is 14.0 Å². The summed E-state index contributed by atoms with van der Waals surface area (Å²) in [6.07, 6.45) is 5.18. The van der Waals surface area contributed by atoms with Crippen LogP contribution in [0.1, 0.15) is 54.8 Å². The van der Waals surface area contributed by atoms with Gasteiger partial charge in [0.05, 0.1) is 12.9 Å². The molecule has 2 amide bonds. The van der Waals surface area contributed by atoms with Gasteiger partial charge in [-0.3, -0.25) is 14.5 Å². The number of carbonyl (C=O) groups is 2. The van der Waals surface area contributed by atoms with Crippen LogP contribution in [-0.2, 0) is 4.79 Å². The van der Waals surface area contributed by atoms with Crippen LogP contribution in [0.4, 0.5) is 10.1 Å². The van der Waals surface area contributed by atoms with Crippen molar-refractivity contribution in [2.24, 2.45) is 0 Å². The number of furan rings is 1. The van der Waals surface area contributed by atoms with Crippen molar-refractivity contribution >= 4 is 17.5 Å². The Hall–Kier alpha value is -3.61. The molecule has 1 atom stereocenters. The Labute approximate surface area is 192 Å². The minimum absolute atomic E-state index is 0.00710. The molecule has 1 saturated carbocycles. The number of carbonyl (C=O) groups excluding carboxylic acids is 2. The summed E-state index contributed by atoms with van der Waals surface area (Å²) < 4.78 is 25.9. The van der Waals surface area contributed by atoms with Crippen LogP contribution >= 0.6 is 0 Å². The number of benzene rings is 2. The number of hydrogen-bond donors (Lipinski definition) is 1. The van der Waals surface area contributed by atoms with Crippen molar-refractivity contribution < 1.29 is 23.1 Å². The molecule has 7 heteroatoms. The standard InChI is InChI=1S/C26H27FN2O4/c1-2-32-20-15-13-19(14-16-20)29(26(31)23-12-7-17-33-23)24(21-10-5-6-11-22(21)27)25(30)28-18-8-3-4-9-18/h5-7,10-18,24H,2-4,8-9H2,1H3,(H,28,30). The molecule has 0 bridgehead atoms. The molecule has 1 aromatic heterocycles. The van der Waals surface area contributed by atoms with Gasteiger partial charge in [-0.15, -0.1) is 0 Å². The van der Waals surface area contributed by atoms with Crippen molar-refractivity contribution in [3.8, 4) is 5.75 Å². The molecule has 0 aliphatic heterocycles. The van der Waals surface area contributed by atoms with E-state index < -0.39 is 23.7 Å². The van der Waals surface area contributed by atoms with E-state index in [1.807, 2.05) is 6.92 Å². The SMILES string of the molecule is CCOc1ccc(N(C(=O)c2ccco2)C(C(=O)NC2CCCC2)c2ccccc2F)cc1. The number of halogens is 1. The summed E-state index contributed by atoms with van der Waals surface area (Å²) in [5.74, 6) is -0.851. The van der Waals surface area contributed by atoms with Crippen LogP contribution in [0, 0.1) is 5.82 Å². The smallest absolute Gasteiger partial charge is 0.294 e.